The zero-order valence-electron chi connectivity index (χ0n) is 15.2. The minimum absolute atomic E-state index is 0.104. The Morgan fingerprint density at radius 2 is 1.85 bits per heavy atom. The normalized spacial score (nSPS) is 11.1. The summed E-state index contributed by atoms with van der Waals surface area (Å²) in [6.07, 6.45) is 0. The fourth-order valence-corrected chi connectivity index (χ4v) is 2.80. The number of nitrogens with zero attached hydrogens (tertiary/aromatic N) is 4. The van der Waals surface area contributed by atoms with Crippen LogP contribution in [0.3, 0.4) is 0 Å². The van der Waals surface area contributed by atoms with E-state index in [0.29, 0.717) is 28.7 Å². The number of benzene rings is 1. The van der Waals surface area contributed by atoms with Crippen molar-refractivity contribution in [2.24, 2.45) is 0 Å². The number of ether oxygens (including phenoxy) is 3. The number of aromatic nitrogens is 4. The Labute approximate surface area is 161 Å². The molecule has 0 aliphatic heterocycles. The van der Waals surface area contributed by atoms with Crippen molar-refractivity contribution in [2.45, 2.75) is 13.5 Å². The van der Waals surface area contributed by atoms with E-state index in [9.17, 15) is 4.79 Å². The number of hydrogen-bond donors (Lipinski definition) is 0. The summed E-state index contributed by atoms with van der Waals surface area (Å²) in [5.74, 6) is -0.573. The van der Waals surface area contributed by atoms with Crippen molar-refractivity contribution in [3.8, 4) is 11.1 Å². The van der Waals surface area contributed by atoms with Gasteiger partial charge >= 0.3 is 5.97 Å². The van der Waals surface area contributed by atoms with Gasteiger partial charge in [-0.15, -0.1) is 10.2 Å². The molecule has 0 aliphatic carbocycles. The van der Waals surface area contributed by atoms with Crippen molar-refractivity contribution < 1.29 is 19.0 Å². The summed E-state index contributed by atoms with van der Waals surface area (Å²) in [6, 6.07) is 7.34. The minimum Gasteiger partial charge on any atom is -0.458 e. The highest BCUT2D eigenvalue weighted by atomic mass is 35.5. The highest BCUT2D eigenvalue weighted by molar-refractivity contribution is 6.30. The number of carbonyl (C=O) groups is 1. The smallest absolute Gasteiger partial charge is 0.360 e. The van der Waals surface area contributed by atoms with Crippen LogP contribution in [0.5, 0.6) is 0 Å². The molecule has 0 fully saturated rings. The van der Waals surface area contributed by atoms with Gasteiger partial charge in [-0.05, 0) is 24.6 Å². The maximum Gasteiger partial charge on any atom is 0.360 e. The van der Waals surface area contributed by atoms with Crippen molar-refractivity contribution in [3.63, 3.8) is 0 Å². The summed E-state index contributed by atoms with van der Waals surface area (Å²) in [4.78, 5) is 12.2. The molecule has 142 valence electrons. The second-order valence-electron chi connectivity index (χ2n) is 5.76. The molecule has 0 atom stereocenters. The van der Waals surface area contributed by atoms with E-state index < -0.39 is 5.97 Å². The third kappa shape index (κ3) is 3.92. The van der Waals surface area contributed by atoms with E-state index in [2.05, 4.69) is 15.3 Å². The molecule has 0 amide bonds. The average Bonchev–Trinajstić information content (AvgIpc) is 3.02. The highest BCUT2D eigenvalue weighted by Crippen LogP contribution is 2.29. The fraction of sp³-hybridized carbons (Fsp3) is 0.333. The van der Waals surface area contributed by atoms with Crippen LogP contribution in [0, 0.1) is 6.92 Å². The van der Waals surface area contributed by atoms with E-state index in [1.165, 1.54) is 7.11 Å². The number of fused-ring (bicyclic) bond motifs is 1. The highest BCUT2D eigenvalue weighted by Gasteiger charge is 2.22. The maximum absolute atomic E-state index is 12.2. The summed E-state index contributed by atoms with van der Waals surface area (Å²) in [7, 11) is 3.12. The second kappa shape index (κ2) is 8.43. The van der Waals surface area contributed by atoms with Crippen molar-refractivity contribution in [3.05, 3.63) is 46.4 Å². The summed E-state index contributed by atoms with van der Waals surface area (Å²) >= 11 is 5.99. The lowest BCUT2D eigenvalue weighted by Crippen LogP contribution is -2.16. The first-order chi connectivity index (χ1) is 13.1. The Kier molecular flexibility index (Phi) is 6.00. The lowest BCUT2D eigenvalue weighted by atomic mass is 10.1. The van der Waals surface area contributed by atoms with E-state index >= 15 is 0 Å². The maximum atomic E-state index is 12.2. The summed E-state index contributed by atoms with van der Waals surface area (Å²) in [5, 5.41) is 13.5. The van der Waals surface area contributed by atoms with Crippen LogP contribution in [0.15, 0.2) is 24.3 Å². The Balaban J connectivity index is 2.08. The molecule has 9 heteroatoms. The molecule has 0 saturated heterocycles. The molecule has 3 rings (SSSR count). The van der Waals surface area contributed by atoms with Gasteiger partial charge in [-0.2, -0.15) is 5.10 Å². The fourth-order valence-electron chi connectivity index (χ4n) is 2.67. The van der Waals surface area contributed by atoms with E-state index in [1.54, 1.807) is 30.7 Å². The molecule has 0 unspecified atom stereocenters. The van der Waals surface area contributed by atoms with Crippen LogP contribution in [0.4, 0.5) is 0 Å². The van der Waals surface area contributed by atoms with Gasteiger partial charge in [0, 0.05) is 19.2 Å². The van der Waals surface area contributed by atoms with Crippen molar-refractivity contribution in [1.29, 1.82) is 0 Å². The van der Waals surface area contributed by atoms with E-state index in [1.807, 2.05) is 12.1 Å². The van der Waals surface area contributed by atoms with Crippen LogP contribution in [0.1, 0.15) is 21.9 Å². The summed E-state index contributed by atoms with van der Waals surface area (Å²) < 4.78 is 16.9. The van der Waals surface area contributed by atoms with Gasteiger partial charge in [0.2, 0.25) is 0 Å². The van der Waals surface area contributed by atoms with Crippen LogP contribution in [-0.4, -0.2) is 53.2 Å². The lowest BCUT2D eigenvalue weighted by molar-refractivity contribution is 0.0378. The Morgan fingerprint density at radius 1 is 1.11 bits per heavy atom. The zero-order chi connectivity index (χ0) is 19.4. The van der Waals surface area contributed by atoms with Gasteiger partial charge in [-0.3, -0.25) is 0 Å². The minimum atomic E-state index is -0.573. The number of carbonyl (C=O) groups excluding carboxylic acids is 1. The Bertz CT molecular complexity index is 956. The van der Waals surface area contributed by atoms with E-state index in [0.717, 1.165) is 11.1 Å². The summed E-state index contributed by atoms with van der Waals surface area (Å²) in [5.41, 5.74) is 3.50. The Hall–Kier alpha value is -2.55. The molecule has 0 radical (unpaired) electrons. The molecule has 2 aromatic heterocycles. The number of hydrogen-bond acceptors (Lipinski definition) is 7. The first-order valence-corrected chi connectivity index (χ1v) is 8.60. The molecule has 27 heavy (non-hydrogen) atoms. The molecular formula is C18H19ClN4O4. The monoisotopic (exact) mass is 390 g/mol. The number of rotatable bonds is 7. The number of esters is 1. The molecule has 0 spiro atoms. The first-order valence-electron chi connectivity index (χ1n) is 8.22. The van der Waals surface area contributed by atoms with Gasteiger partial charge in [0.25, 0.3) is 0 Å². The molecule has 0 saturated carbocycles. The molecule has 0 aliphatic rings. The van der Waals surface area contributed by atoms with Gasteiger partial charge < -0.3 is 14.2 Å². The standard InChI is InChI=1S/C18H19ClN4O4/c1-11-16(18(24)27-9-8-25-2)20-21-17-15(12-4-6-13(19)7-5-12)14(10-26-3)22-23(11)17/h4-7H,8-10H2,1-3H3. The van der Waals surface area contributed by atoms with Crippen LogP contribution in [0.2, 0.25) is 5.02 Å². The molecule has 0 N–H and O–H groups in total. The van der Waals surface area contributed by atoms with Crippen molar-refractivity contribution in [2.75, 3.05) is 27.4 Å². The van der Waals surface area contributed by atoms with Gasteiger partial charge in [-0.25, -0.2) is 9.31 Å². The quantitative estimate of drug-likeness (QED) is 0.452. The van der Waals surface area contributed by atoms with Crippen LogP contribution in [-0.2, 0) is 20.8 Å². The predicted octanol–water partition coefficient (Wildman–Crippen LogP) is 2.70. The predicted molar refractivity (Wildman–Crippen MR) is 98.8 cm³/mol. The van der Waals surface area contributed by atoms with Gasteiger partial charge in [-0.1, -0.05) is 23.7 Å². The van der Waals surface area contributed by atoms with Crippen LogP contribution >= 0.6 is 11.6 Å². The third-order valence-corrected chi connectivity index (χ3v) is 4.22. The number of methoxy groups -OCH3 is 2. The van der Waals surface area contributed by atoms with Gasteiger partial charge in [0.15, 0.2) is 11.3 Å². The van der Waals surface area contributed by atoms with E-state index in [4.69, 9.17) is 25.8 Å². The first kappa shape index (κ1) is 19.2. The number of aryl methyl sites for hydroxylation is 1. The molecule has 8 nitrogen and oxygen atoms in total. The topological polar surface area (TPSA) is 87.8 Å². The van der Waals surface area contributed by atoms with Gasteiger partial charge in [0.1, 0.15) is 6.61 Å². The van der Waals surface area contributed by atoms with Crippen molar-refractivity contribution >= 4 is 23.2 Å². The van der Waals surface area contributed by atoms with Crippen LogP contribution in [0.25, 0.3) is 16.8 Å². The zero-order valence-corrected chi connectivity index (χ0v) is 16.0. The SMILES string of the molecule is COCCOC(=O)c1nnc2c(-c3ccc(Cl)cc3)c(COC)nn2c1C. The molecule has 0 bridgehead atoms. The largest absolute Gasteiger partial charge is 0.458 e. The third-order valence-electron chi connectivity index (χ3n) is 3.97. The van der Waals surface area contributed by atoms with Crippen molar-refractivity contribution in [1.82, 2.24) is 19.8 Å². The second-order valence-corrected chi connectivity index (χ2v) is 6.20. The molecule has 2 heterocycles. The summed E-state index contributed by atoms with van der Waals surface area (Å²) in [6.45, 7) is 2.47. The van der Waals surface area contributed by atoms with E-state index in [-0.39, 0.29) is 18.9 Å². The molecule has 1 aromatic carbocycles. The lowest BCUT2D eigenvalue weighted by Gasteiger charge is -2.07. The molecular weight excluding hydrogens is 372 g/mol. The van der Waals surface area contributed by atoms with Gasteiger partial charge in [0.05, 0.1) is 30.2 Å². The van der Waals surface area contributed by atoms with Crippen LogP contribution < -0.4 is 0 Å². The average molecular weight is 391 g/mol. The number of halogens is 1. The molecule has 3 aromatic rings. The Morgan fingerprint density at radius 3 is 2.52 bits per heavy atom.